The zero-order valence-electron chi connectivity index (χ0n) is 11.0. The Bertz CT molecular complexity index is 299. The van der Waals surface area contributed by atoms with Crippen LogP contribution in [0.25, 0.3) is 0 Å². The molecule has 18 heavy (non-hydrogen) atoms. The molecule has 2 amide bonds. The normalized spacial score (nSPS) is 21.4. The second-order valence-electron chi connectivity index (χ2n) is 4.76. The van der Waals surface area contributed by atoms with Gasteiger partial charge in [-0.05, 0) is 38.2 Å². The standard InChI is InChI=1S/C12H22N2O3S/c1-9(5-7-18-2)13-12(17)14-6-3-4-10(8-14)11(15)16/h9-10H,3-8H2,1-2H3,(H,13,17)(H,15,16)/t9?,10-/m0/s1. The van der Waals surface area contributed by atoms with Crippen molar-refractivity contribution >= 4 is 23.8 Å². The number of hydrogen-bond donors (Lipinski definition) is 2. The summed E-state index contributed by atoms with van der Waals surface area (Å²) in [5.41, 5.74) is 0. The molecule has 2 atom stereocenters. The van der Waals surface area contributed by atoms with Crippen LogP contribution in [0, 0.1) is 5.92 Å². The number of nitrogens with zero attached hydrogens (tertiary/aromatic N) is 1. The SMILES string of the molecule is CSCCC(C)NC(=O)N1CCC[C@H](C(=O)O)C1. The fourth-order valence-corrected chi connectivity index (χ4v) is 2.62. The summed E-state index contributed by atoms with van der Waals surface area (Å²) in [6.45, 7) is 2.97. The van der Waals surface area contributed by atoms with E-state index >= 15 is 0 Å². The first-order valence-electron chi connectivity index (χ1n) is 6.31. The lowest BCUT2D eigenvalue weighted by Gasteiger charge is -2.31. The largest absolute Gasteiger partial charge is 0.481 e. The number of carbonyl (C=O) groups is 2. The number of carboxylic acid groups (broad SMARTS) is 1. The number of hydrogen-bond acceptors (Lipinski definition) is 3. The van der Waals surface area contributed by atoms with Crippen molar-refractivity contribution in [2.75, 3.05) is 25.1 Å². The molecule has 6 heteroatoms. The fourth-order valence-electron chi connectivity index (χ4n) is 2.03. The van der Waals surface area contributed by atoms with Crippen LogP contribution >= 0.6 is 11.8 Å². The molecular weight excluding hydrogens is 252 g/mol. The molecule has 2 N–H and O–H groups in total. The van der Waals surface area contributed by atoms with Gasteiger partial charge in [0.05, 0.1) is 5.92 Å². The van der Waals surface area contributed by atoms with Gasteiger partial charge in [-0.2, -0.15) is 11.8 Å². The average molecular weight is 274 g/mol. The third kappa shape index (κ3) is 4.76. The first-order valence-corrected chi connectivity index (χ1v) is 7.71. The van der Waals surface area contributed by atoms with Crippen LogP contribution < -0.4 is 5.32 Å². The molecule has 1 heterocycles. The fraction of sp³-hybridized carbons (Fsp3) is 0.833. The number of urea groups is 1. The van der Waals surface area contributed by atoms with Crippen LogP contribution in [0.4, 0.5) is 4.79 Å². The summed E-state index contributed by atoms with van der Waals surface area (Å²) in [6, 6.07) is 0.00436. The molecule has 0 aromatic rings. The van der Waals surface area contributed by atoms with Crippen molar-refractivity contribution in [3.63, 3.8) is 0 Å². The maximum atomic E-state index is 12.0. The van der Waals surface area contributed by atoms with Gasteiger partial charge in [-0.25, -0.2) is 4.79 Å². The van der Waals surface area contributed by atoms with Crippen molar-refractivity contribution in [2.24, 2.45) is 5.92 Å². The van der Waals surface area contributed by atoms with Crippen molar-refractivity contribution in [1.29, 1.82) is 0 Å². The van der Waals surface area contributed by atoms with Crippen molar-refractivity contribution in [2.45, 2.75) is 32.2 Å². The highest BCUT2D eigenvalue weighted by molar-refractivity contribution is 7.98. The number of piperidine rings is 1. The Labute approximate surface area is 112 Å². The molecule has 1 aliphatic rings. The zero-order chi connectivity index (χ0) is 13.5. The quantitative estimate of drug-likeness (QED) is 0.799. The van der Waals surface area contributed by atoms with Gasteiger partial charge in [0.25, 0.3) is 0 Å². The molecule has 0 bridgehead atoms. The van der Waals surface area contributed by atoms with Gasteiger partial charge in [0.15, 0.2) is 0 Å². The molecule has 104 valence electrons. The molecule has 1 saturated heterocycles. The van der Waals surface area contributed by atoms with E-state index in [9.17, 15) is 9.59 Å². The minimum Gasteiger partial charge on any atom is -0.481 e. The molecule has 1 unspecified atom stereocenters. The molecule has 0 aromatic carbocycles. The molecule has 0 aliphatic carbocycles. The Morgan fingerprint density at radius 1 is 1.56 bits per heavy atom. The highest BCUT2D eigenvalue weighted by atomic mass is 32.2. The summed E-state index contributed by atoms with van der Waals surface area (Å²) in [5, 5.41) is 11.9. The number of carbonyl (C=O) groups excluding carboxylic acids is 1. The molecule has 0 aromatic heterocycles. The monoisotopic (exact) mass is 274 g/mol. The minimum atomic E-state index is -0.803. The van der Waals surface area contributed by atoms with Crippen molar-refractivity contribution in [3.05, 3.63) is 0 Å². The molecule has 0 radical (unpaired) electrons. The molecule has 1 aliphatic heterocycles. The van der Waals surface area contributed by atoms with Gasteiger partial charge >= 0.3 is 12.0 Å². The summed E-state index contributed by atoms with van der Waals surface area (Å²) >= 11 is 1.75. The van der Waals surface area contributed by atoms with Gasteiger partial charge in [-0.15, -0.1) is 0 Å². The lowest BCUT2D eigenvalue weighted by Crippen LogP contribution is -2.49. The molecule has 0 spiro atoms. The van der Waals surface area contributed by atoms with E-state index in [1.807, 2.05) is 13.2 Å². The Kier molecular flexibility index (Phi) is 6.32. The molecular formula is C12H22N2O3S. The first kappa shape index (κ1) is 15.1. The third-order valence-corrected chi connectivity index (χ3v) is 3.83. The van der Waals surface area contributed by atoms with E-state index < -0.39 is 11.9 Å². The van der Waals surface area contributed by atoms with E-state index in [1.54, 1.807) is 16.7 Å². The van der Waals surface area contributed by atoms with E-state index in [0.29, 0.717) is 19.5 Å². The number of thioether (sulfide) groups is 1. The van der Waals surface area contributed by atoms with Gasteiger partial charge in [-0.3, -0.25) is 4.79 Å². The number of likely N-dealkylation sites (tertiary alicyclic amines) is 1. The van der Waals surface area contributed by atoms with E-state index in [0.717, 1.165) is 18.6 Å². The van der Waals surface area contributed by atoms with E-state index in [-0.39, 0.29) is 12.1 Å². The number of rotatable bonds is 5. The Morgan fingerprint density at radius 3 is 2.89 bits per heavy atom. The van der Waals surface area contributed by atoms with Gasteiger partial charge in [-0.1, -0.05) is 0 Å². The zero-order valence-corrected chi connectivity index (χ0v) is 11.8. The van der Waals surface area contributed by atoms with Crippen LogP contribution in [0.1, 0.15) is 26.2 Å². The summed E-state index contributed by atoms with van der Waals surface area (Å²) in [4.78, 5) is 24.5. The van der Waals surface area contributed by atoms with E-state index in [4.69, 9.17) is 5.11 Å². The molecule has 1 fully saturated rings. The second-order valence-corrected chi connectivity index (χ2v) is 5.74. The lowest BCUT2D eigenvalue weighted by molar-refractivity contribution is -0.143. The van der Waals surface area contributed by atoms with Crippen LogP contribution in [0.2, 0.25) is 0 Å². The van der Waals surface area contributed by atoms with Crippen LogP contribution in [-0.2, 0) is 4.79 Å². The highest BCUT2D eigenvalue weighted by Gasteiger charge is 2.28. The summed E-state index contributed by atoms with van der Waals surface area (Å²) in [7, 11) is 0. The van der Waals surface area contributed by atoms with Crippen molar-refractivity contribution in [3.8, 4) is 0 Å². The Balaban J connectivity index is 2.38. The van der Waals surface area contributed by atoms with Crippen LogP contribution in [-0.4, -0.2) is 53.1 Å². The van der Waals surface area contributed by atoms with Crippen LogP contribution in [0.5, 0.6) is 0 Å². The topological polar surface area (TPSA) is 69.6 Å². The summed E-state index contributed by atoms with van der Waals surface area (Å²) in [5.74, 6) is -0.201. The van der Waals surface area contributed by atoms with E-state index in [2.05, 4.69) is 5.32 Å². The third-order valence-electron chi connectivity index (χ3n) is 3.18. The minimum absolute atomic E-state index is 0.130. The highest BCUT2D eigenvalue weighted by Crippen LogP contribution is 2.16. The number of amides is 2. The van der Waals surface area contributed by atoms with Crippen molar-refractivity contribution in [1.82, 2.24) is 10.2 Å². The predicted octanol–water partition coefficient (Wildman–Crippen LogP) is 1.63. The summed E-state index contributed by atoms with van der Waals surface area (Å²) < 4.78 is 0. The Hall–Kier alpha value is -0.910. The van der Waals surface area contributed by atoms with Gasteiger partial charge in [0, 0.05) is 19.1 Å². The maximum Gasteiger partial charge on any atom is 0.317 e. The molecule has 1 rings (SSSR count). The van der Waals surface area contributed by atoms with Crippen molar-refractivity contribution < 1.29 is 14.7 Å². The van der Waals surface area contributed by atoms with Crippen LogP contribution in [0.3, 0.4) is 0 Å². The smallest absolute Gasteiger partial charge is 0.317 e. The van der Waals surface area contributed by atoms with E-state index in [1.165, 1.54) is 0 Å². The average Bonchev–Trinajstić information content (AvgIpc) is 2.36. The lowest BCUT2D eigenvalue weighted by atomic mass is 9.99. The number of carboxylic acids is 1. The molecule has 5 nitrogen and oxygen atoms in total. The number of aliphatic carboxylic acids is 1. The van der Waals surface area contributed by atoms with Crippen LogP contribution in [0.15, 0.2) is 0 Å². The molecule has 0 saturated carbocycles. The predicted molar refractivity (Wildman–Crippen MR) is 72.9 cm³/mol. The number of nitrogens with one attached hydrogen (secondary N) is 1. The van der Waals surface area contributed by atoms with Gasteiger partial charge in [0.2, 0.25) is 0 Å². The first-order chi connectivity index (χ1) is 8.54. The maximum absolute atomic E-state index is 12.0. The Morgan fingerprint density at radius 2 is 2.28 bits per heavy atom. The van der Waals surface area contributed by atoms with Gasteiger partial charge < -0.3 is 15.3 Å². The second kappa shape index (κ2) is 7.51. The van der Waals surface area contributed by atoms with Gasteiger partial charge in [0.1, 0.15) is 0 Å². The summed E-state index contributed by atoms with van der Waals surface area (Å²) in [6.07, 6.45) is 4.41.